The maximum absolute atomic E-state index is 10.8. The van der Waals surface area contributed by atoms with Crippen molar-refractivity contribution in [2.24, 2.45) is 5.92 Å². The summed E-state index contributed by atoms with van der Waals surface area (Å²) in [7, 11) is 0. The lowest BCUT2D eigenvalue weighted by Crippen LogP contribution is -2.32. The average Bonchev–Trinajstić information content (AvgIpc) is 2.64. The van der Waals surface area contributed by atoms with Crippen LogP contribution in [-0.2, 0) is 17.8 Å². The summed E-state index contributed by atoms with van der Waals surface area (Å²) < 4.78 is 0. The molecule has 1 heterocycles. The fourth-order valence-corrected chi connectivity index (χ4v) is 2.76. The molecule has 0 spiro atoms. The van der Waals surface area contributed by atoms with Crippen molar-refractivity contribution in [2.45, 2.75) is 40.2 Å². The highest BCUT2D eigenvalue weighted by atomic mass is 32.1. The SMILES string of the molecule is CCCc1nc(CN(CC(=O)O)CC(C)C)cs1. The quantitative estimate of drug-likeness (QED) is 0.789. The molecule has 0 bridgehead atoms. The molecular formula is C13H22N2O2S. The van der Waals surface area contributed by atoms with Crippen LogP contribution in [0.1, 0.15) is 37.9 Å². The van der Waals surface area contributed by atoms with Crippen LogP contribution in [0.5, 0.6) is 0 Å². The van der Waals surface area contributed by atoms with E-state index < -0.39 is 5.97 Å². The van der Waals surface area contributed by atoms with Gasteiger partial charge in [0.25, 0.3) is 0 Å². The number of rotatable bonds is 8. The van der Waals surface area contributed by atoms with Crippen molar-refractivity contribution in [1.82, 2.24) is 9.88 Å². The first-order valence-electron chi connectivity index (χ1n) is 6.38. The largest absolute Gasteiger partial charge is 0.480 e. The number of carboxylic acids is 1. The van der Waals surface area contributed by atoms with Gasteiger partial charge >= 0.3 is 5.97 Å². The predicted octanol–water partition coefficient (Wildman–Crippen LogP) is 2.64. The topological polar surface area (TPSA) is 53.4 Å². The van der Waals surface area contributed by atoms with E-state index in [1.54, 1.807) is 11.3 Å². The molecule has 0 saturated carbocycles. The van der Waals surface area contributed by atoms with E-state index in [4.69, 9.17) is 5.11 Å². The zero-order valence-electron chi connectivity index (χ0n) is 11.3. The summed E-state index contributed by atoms with van der Waals surface area (Å²) >= 11 is 1.67. The van der Waals surface area contributed by atoms with Crippen LogP contribution in [-0.4, -0.2) is 34.0 Å². The number of hydrogen-bond donors (Lipinski definition) is 1. The van der Waals surface area contributed by atoms with Crippen molar-refractivity contribution in [3.63, 3.8) is 0 Å². The highest BCUT2D eigenvalue weighted by Gasteiger charge is 2.13. The van der Waals surface area contributed by atoms with Crippen molar-refractivity contribution in [1.29, 1.82) is 0 Å². The first-order valence-corrected chi connectivity index (χ1v) is 7.26. The molecule has 0 atom stereocenters. The Bertz CT molecular complexity index is 377. The molecule has 0 fully saturated rings. The highest BCUT2D eigenvalue weighted by Crippen LogP contribution is 2.14. The first-order chi connectivity index (χ1) is 8.51. The maximum atomic E-state index is 10.8. The highest BCUT2D eigenvalue weighted by molar-refractivity contribution is 7.09. The van der Waals surface area contributed by atoms with Crippen LogP contribution in [0.2, 0.25) is 0 Å². The van der Waals surface area contributed by atoms with Gasteiger partial charge in [0.1, 0.15) is 0 Å². The Labute approximate surface area is 113 Å². The third-order valence-electron chi connectivity index (χ3n) is 2.43. The number of aliphatic carboxylic acids is 1. The smallest absolute Gasteiger partial charge is 0.317 e. The van der Waals surface area contributed by atoms with Gasteiger partial charge in [-0.15, -0.1) is 11.3 Å². The van der Waals surface area contributed by atoms with E-state index in [1.807, 2.05) is 10.3 Å². The van der Waals surface area contributed by atoms with Crippen LogP contribution in [0.4, 0.5) is 0 Å². The van der Waals surface area contributed by atoms with E-state index in [0.29, 0.717) is 12.5 Å². The zero-order valence-corrected chi connectivity index (χ0v) is 12.2. The van der Waals surface area contributed by atoms with Gasteiger partial charge in [0.15, 0.2) is 0 Å². The van der Waals surface area contributed by atoms with E-state index in [1.165, 1.54) is 0 Å². The summed E-state index contributed by atoms with van der Waals surface area (Å²) in [6.45, 7) is 7.82. The normalized spacial score (nSPS) is 11.4. The number of carbonyl (C=O) groups is 1. The van der Waals surface area contributed by atoms with Gasteiger partial charge in [0.2, 0.25) is 0 Å². The summed E-state index contributed by atoms with van der Waals surface area (Å²) in [5, 5.41) is 12.1. The maximum Gasteiger partial charge on any atom is 0.317 e. The minimum atomic E-state index is -0.778. The van der Waals surface area contributed by atoms with Gasteiger partial charge in [-0.25, -0.2) is 4.98 Å². The molecule has 0 unspecified atom stereocenters. The number of hydrogen-bond acceptors (Lipinski definition) is 4. The van der Waals surface area contributed by atoms with Crippen molar-refractivity contribution in [3.05, 3.63) is 16.1 Å². The van der Waals surface area contributed by atoms with Crippen LogP contribution in [0.3, 0.4) is 0 Å². The lowest BCUT2D eigenvalue weighted by atomic mass is 10.2. The van der Waals surface area contributed by atoms with Crippen molar-refractivity contribution in [3.8, 4) is 0 Å². The van der Waals surface area contributed by atoms with Crippen molar-refractivity contribution >= 4 is 17.3 Å². The molecule has 0 aromatic carbocycles. The van der Waals surface area contributed by atoms with E-state index in [2.05, 4.69) is 25.8 Å². The number of nitrogens with zero attached hydrogens (tertiary/aromatic N) is 2. The summed E-state index contributed by atoms with van der Waals surface area (Å²) in [5.41, 5.74) is 0.991. The van der Waals surface area contributed by atoms with Crippen LogP contribution in [0.15, 0.2) is 5.38 Å². The Hall–Kier alpha value is -0.940. The van der Waals surface area contributed by atoms with Gasteiger partial charge in [-0.1, -0.05) is 20.8 Å². The summed E-state index contributed by atoms with van der Waals surface area (Å²) in [6.07, 6.45) is 2.10. The van der Waals surface area contributed by atoms with Gasteiger partial charge in [-0.3, -0.25) is 9.69 Å². The van der Waals surface area contributed by atoms with Crippen LogP contribution in [0.25, 0.3) is 0 Å². The number of aryl methyl sites for hydroxylation is 1. The molecule has 1 rings (SSSR count). The van der Waals surface area contributed by atoms with Crippen LogP contribution >= 0.6 is 11.3 Å². The standard InChI is InChI=1S/C13H22N2O2S/c1-4-5-12-14-11(9-18-12)7-15(6-10(2)3)8-13(16)17/h9-10H,4-8H2,1-3H3,(H,16,17). The average molecular weight is 270 g/mol. The fraction of sp³-hybridized carbons (Fsp3) is 0.692. The molecule has 4 nitrogen and oxygen atoms in total. The Morgan fingerprint density at radius 2 is 2.28 bits per heavy atom. The van der Waals surface area contributed by atoms with E-state index in [-0.39, 0.29) is 6.54 Å². The van der Waals surface area contributed by atoms with E-state index in [9.17, 15) is 4.79 Å². The van der Waals surface area contributed by atoms with E-state index in [0.717, 1.165) is 30.1 Å². The Morgan fingerprint density at radius 1 is 1.56 bits per heavy atom. The van der Waals surface area contributed by atoms with Crippen LogP contribution in [0, 0.1) is 5.92 Å². The molecule has 0 aliphatic heterocycles. The predicted molar refractivity (Wildman–Crippen MR) is 73.9 cm³/mol. The zero-order chi connectivity index (χ0) is 13.5. The number of carboxylic acid groups (broad SMARTS) is 1. The van der Waals surface area contributed by atoms with Gasteiger partial charge in [-0.05, 0) is 18.8 Å². The Kier molecular flexibility index (Phi) is 6.29. The third kappa shape index (κ3) is 5.60. The van der Waals surface area contributed by atoms with Gasteiger partial charge < -0.3 is 5.11 Å². The molecule has 0 amide bonds. The van der Waals surface area contributed by atoms with Crippen molar-refractivity contribution in [2.75, 3.05) is 13.1 Å². The number of thiazole rings is 1. The summed E-state index contributed by atoms with van der Waals surface area (Å²) in [6, 6.07) is 0. The minimum Gasteiger partial charge on any atom is -0.480 e. The second-order valence-electron chi connectivity index (χ2n) is 4.94. The second kappa shape index (κ2) is 7.48. The van der Waals surface area contributed by atoms with Crippen molar-refractivity contribution < 1.29 is 9.90 Å². The molecule has 1 aromatic rings. The fourth-order valence-electron chi connectivity index (χ4n) is 1.87. The summed E-state index contributed by atoms with van der Waals surface area (Å²) in [5.74, 6) is -0.322. The molecule has 102 valence electrons. The molecule has 0 aliphatic carbocycles. The molecule has 1 N–H and O–H groups in total. The van der Waals surface area contributed by atoms with Gasteiger partial charge in [-0.2, -0.15) is 0 Å². The summed E-state index contributed by atoms with van der Waals surface area (Å²) in [4.78, 5) is 17.3. The Balaban J connectivity index is 2.59. The molecule has 18 heavy (non-hydrogen) atoms. The molecule has 0 aliphatic rings. The van der Waals surface area contributed by atoms with Gasteiger partial charge in [0, 0.05) is 18.5 Å². The number of aromatic nitrogens is 1. The molecule has 0 saturated heterocycles. The molecule has 1 aromatic heterocycles. The van der Waals surface area contributed by atoms with E-state index >= 15 is 0 Å². The minimum absolute atomic E-state index is 0.0822. The first kappa shape index (κ1) is 15.1. The van der Waals surface area contributed by atoms with Crippen LogP contribution < -0.4 is 0 Å². The lowest BCUT2D eigenvalue weighted by molar-refractivity contribution is -0.138. The Morgan fingerprint density at radius 3 is 2.83 bits per heavy atom. The molecular weight excluding hydrogens is 248 g/mol. The second-order valence-corrected chi connectivity index (χ2v) is 5.88. The lowest BCUT2D eigenvalue weighted by Gasteiger charge is -2.21. The molecule has 5 heteroatoms. The third-order valence-corrected chi connectivity index (χ3v) is 3.39. The molecule has 0 radical (unpaired) electrons. The monoisotopic (exact) mass is 270 g/mol. The van der Waals surface area contributed by atoms with Gasteiger partial charge in [0.05, 0.1) is 17.2 Å².